The number of aromatic nitrogens is 3. The molecule has 1 heterocycles. The monoisotopic (exact) mass is 236 g/mol. The van der Waals surface area contributed by atoms with Crippen molar-refractivity contribution in [1.29, 1.82) is 0 Å². The van der Waals surface area contributed by atoms with Gasteiger partial charge in [-0.05, 0) is 17.7 Å². The topological polar surface area (TPSA) is 76.8 Å². The van der Waals surface area contributed by atoms with Crippen LogP contribution in [-0.2, 0) is 5.75 Å². The summed E-state index contributed by atoms with van der Waals surface area (Å²) in [4.78, 5) is 4.01. The molecule has 0 radical (unpaired) electrons. The first-order chi connectivity index (χ1) is 7.78. The van der Waals surface area contributed by atoms with Gasteiger partial charge >= 0.3 is 0 Å². The second-order valence-electron chi connectivity index (χ2n) is 3.14. The summed E-state index contributed by atoms with van der Waals surface area (Å²) < 4.78 is 5.14. The highest BCUT2D eigenvalue weighted by molar-refractivity contribution is 7.98. The number of methoxy groups -OCH3 is 1. The van der Waals surface area contributed by atoms with Crippen molar-refractivity contribution in [1.82, 2.24) is 15.2 Å². The van der Waals surface area contributed by atoms with E-state index in [0.717, 1.165) is 17.1 Å². The third-order valence-electron chi connectivity index (χ3n) is 1.98. The van der Waals surface area contributed by atoms with Gasteiger partial charge in [0.05, 0.1) is 7.11 Å². The van der Waals surface area contributed by atoms with E-state index in [9.17, 15) is 0 Å². The molecular formula is C10H12N4OS. The van der Waals surface area contributed by atoms with Gasteiger partial charge in [-0.2, -0.15) is 4.98 Å². The Labute approximate surface area is 97.4 Å². The van der Waals surface area contributed by atoms with Crippen molar-refractivity contribution >= 4 is 17.7 Å². The van der Waals surface area contributed by atoms with Gasteiger partial charge in [0.2, 0.25) is 11.1 Å². The van der Waals surface area contributed by atoms with E-state index in [-0.39, 0.29) is 0 Å². The summed E-state index contributed by atoms with van der Waals surface area (Å²) in [6, 6.07) is 7.90. The first-order valence-corrected chi connectivity index (χ1v) is 5.70. The second kappa shape index (κ2) is 4.89. The first-order valence-electron chi connectivity index (χ1n) is 4.71. The Morgan fingerprint density at radius 2 is 2.38 bits per heavy atom. The number of rotatable bonds is 4. The van der Waals surface area contributed by atoms with Crippen molar-refractivity contribution in [3.63, 3.8) is 0 Å². The van der Waals surface area contributed by atoms with Crippen LogP contribution in [0, 0.1) is 0 Å². The number of H-pyrrole nitrogens is 1. The van der Waals surface area contributed by atoms with Crippen LogP contribution in [0.3, 0.4) is 0 Å². The molecule has 0 aliphatic rings. The molecule has 0 aliphatic heterocycles. The number of thioether (sulfide) groups is 1. The zero-order valence-electron chi connectivity index (χ0n) is 8.80. The maximum Gasteiger partial charge on any atom is 0.216 e. The van der Waals surface area contributed by atoms with Crippen molar-refractivity contribution < 1.29 is 4.74 Å². The maximum atomic E-state index is 5.43. The Balaban J connectivity index is 1.99. The molecule has 0 amide bonds. The lowest BCUT2D eigenvalue weighted by molar-refractivity contribution is 0.414. The van der Waals surface area contributed by atoms with Crippen LogP contribution in [0.1, 0.15) is 5.56 Å². The summed E-state index contributed by atoms with van der Waals surface area (Å²) in [5.74, 6) is 1.98. The molecule has 6 heteroatoms. The Morgan fingerprint density at radius 3 is 3.06 bits per heavy atom. The number of aromatic amines is 1. The molecule has 1 aromatic heterocycles. The number of hydrogen-bond donors (Lipinski definition) is 2. The summed E-state index contributed by atoms with van der Waals surface area (Å²) in [5.41, 5.74) is 6.59. The third-order valence-corrected chi connectivity index (χ3v) is 2.90. The molecule has 0 bridgehead atoms. The van der Waals surface area contributed by atoms with Crippen LogP contribution in [0.15, 0.2) is 29.4 Å². The van der Waals surface area contributed by atoms with Crippen LogP contribution in [0.4, 0.5) is 5.95 Å². The van der Waals surface area contributed by atoms with Gasteiger partial charge in [0.1, 0.15) is 5.75 Å². The minimum atomic E-state index is 0.341. The molecule has 84 valence electrons. The van der Waals surface area contributed by atoms with E-state index in [2.05, 4.69) is 15.2 Å². The lowest BCUT2D eigenvalue weighted by Crippen LogP contribution is -1.86. The number of ether oxygens (including phenoxy) is 1. The lowest BCUT2D eigenvalue weighted by atomic mass is 10.2. The summed E-state index contributed by atoms with van der Waals surface area (Å²) in [5, 5.41) is 7.20. The normalized spacial score (nSPS) is 10.3. The smallest absolute Gasteiger partial charge is 0.216 e. The Kier molecular flexibility index (Phi) is 3.31. The summed E-state index contributed by atoms with van der Waals surface area (Å²) in [7, 11) is 1.65. The average Bonchev–Trinajstić information content (AvgIpc) is 2.73. The van der Waals surface area contributed by atoms with Crippen LogP contribution in [0.25, 0.3) is 0 Å². The largest absolute Gasteiger partial charge is 0.497 e. The van der Waals surface area contributed by atoms with Crippen molar-refractivity contribution in [3.8, 4) is 5.75 Å². The lowest BCUT2D eigenvalue weighted by Gasteiger charge is -2.02. The second-order valence-corrected chi connectivity index (χ2v) is 4.09. The molecule has 2 rings (SSSR count). The van der Waals surface area contributed by atoms with Crippen molar-refractivity contribution in [2.45, 2.75) is 10.9 Å². The van der Waals surface area contributed by atoms with Gasteiger partial charge in [0.15, 0.2) is 0 Å². The van der Waals surface area contributed by atoms with E-state index in [0.29, 0.717) is 11.1 Å². The van der Waals surface area contributed by atoms with Gasteiger partial charge in [-0.1, -0.05) is 23.9 Å². The van der Waals surface area contributed by atoms with E-state index in [1.54, 1.807) is 7.11 Å². The van der Waals surface area contributed by atoms with Crippen LogP contribution in [0.5, 0.6) is 5.75 Å². The molecular weight excluding hydrogens is 224 g/mol. The van der Waals surface area contributed by atoms with Crippen LogP contribution >= 0.6 is 11.8 Å². The fourth-order valence-corrected chi connectivity index (χ4v) is 1.98. The molecule has 3 N–H and O–H groups in total. The highest BCUT2D eigenvalue weighted by Crippen LogP contribution is 2.21. The molecule has 16 heavy (non-hydrogen) atoms. The molecule has 0 spiro atoms. The minimum Gasteiger partial charge on any atom is -0.497 e. The standard InChI is InChI=1S/C10H12N4OS/c1-15-8-4-2-3-7(5-8)6-16-10-12-9(11)13-14-10/h2-5H,6H2,1H3,(H3,11,12,13,14). The number of anilines is 1. The molecule has 0 saturated carbocycles. The first kappa shape index (κ1) is 10.8. The average molecular weight is 236 g/mol. The van der Waals surface area contributed by atoms with Crippen LogP contribution < -0.4 is 10.5 Å². The van der Waals surface area contributed by atoms with Crippen molar-refractivity contribution in [2.24, 2.45) is 0 Å². The fraction of sp³-hybridized carbons (Fsp3) is 0.200. The number of hydrogen-bond acceptors (Lipinski definition) is 5. The number of nitrogens with two attached hydrogens (primary N) is 1. The molecule has 5 nitrogen and oxygen atoms in total. The zero-order chi connectivity index (χ0) is 11.4. The number of benzene rings is 1. The van der Waals surface area contributed by atoms with Crippen molar-refractivity contribution in [3.05, 3.63) is 29.8 Å². The van der Waals surface area contributed by atoms with Crippen molar-refractivity contribution in [2.75, 3.05) is 12.8 Å². The molecule has 2 aromatic rings. The van der Waals surface area contributed by atoms with E-state index in [1.807, 2.05) is 24.3 Å². The molecule has 1 aromatic carbocycles. The number of nitrogens with one attached hydrogen (secondary N) is 1. The quantitative estimate of drug-likeness (QED) is 0.790. The van der Waals surface area contributed by atoms with E-state index >= 15 is 0 Å². The summed E-state index contributed by atoms with van der Waals surface area (Å²) >= 11 is 1.52. The molecule has 0 saturated heterocycles. The van der Waals surface area contributed by atoms with E-state index < -0.39 is 0 Å². The number of nitrogen functional groups attached to an aromatic ring is 1. The zero-order valence-corrected chi connectivity index (χ0v) is 9.62. The molecule has 0 aliphatic carbocycles. The highest BCUT2D eigenvalue weighted by atomic mass is 32.2. The predicted molar refractivity (Wildman–Crippen MR) is 63.4 cm³/mol. The van der Waals surface area contributed by atoms with Gasteiger partial charge in [0.25, 0.3) is 0 Å². The molecule has 0 fully saturated rings. The SMILES string of the molecule is COc1cccc(CSc2n[nH]c(N)n2)c1. The number of nitrogens with zero attached hydrogens (tertiary/aromatic N) is 2. The van der Waals surface area contributed by atoms with E-state index in [4.69, 9.17) is 10.5 Å². The van der Waals surface area contributed by atoms with Gasteiger partial charge in [-0.15, -0.1) is 5.10 Å². The summed E-state index contributed by atoms with van der Waals surface area (Å²) in [6.45, 7) is 0. The van der Waals surface area contributed by atoms with E-state index in [1.165, 1.54) is 11.8 Å². The predicted octanol–water partition coefficient (Wildman–Crippen LogP) is 1.69. The van der Waals surface area contributed by atoms with Gasteiger partial charge in [0, 0.05) is 5.75 Å². The fourth-order valence-electron chi connectivity index (χ4n) is 1.23. The Hall–Kier alpha value is -1.69. The third kappa shape index (κ3) is 2.66. The van der Waals surface area contributed by atoms with Gasteiger partial charge < -0.3 is 10.5 Å². The minimum absolute atomic E-state index is 0.341. The molecule has 0 unspecified atom stereocenters. The van der Waals surface area contributed by atoms with Crippen LogP contribution in [-0.4, -0.2) is 22.3 Å². The maximum absolute atomic E-state index is 5.43. The Morgan fingerprint density at radius 1 is 1.50 bits per heavy atom. The Bertz CT molecular complexity index is 471. The van der Waals surface area contributed by atoms with Gasteiger partial charge in [-0.25, -0.2) is 5.10 Å². The van der Waals surface area contributed by atoms with Gasteiger partial charge in [-0.3, -0.25) is 0 Å². The highest BCUT2D eigenvalue weighted by Gasteiger charge is 2.02. The molecule has 0 atom stereocenters. The summed E-state index contributed by atoms with van der Waals surface area (Å²) in [6.07, 6.45) is 0. The van der Waals surface area contributed by atoms with Crippen LogP contribution in [0.2, 0.25) is 0 Å².